The molecule has 66 valence electrons. The van der Waals surface area contributed by atoms with Crippen LogP contribution in [0.15, 0.2) is 28.0 Å². The van der Waals surface area contributed by atoms with Gasteiger partial charge in [-0.2, -0.15) is 5.48 Å². The maximum atomic E-state index is 8.58. The lowest BCUT2D eigenvalue weighted by molar-refractivity contribution is 0.153. The van der Waals surface area contributed by atoms with Crippen LogP contribution in [0.2, 0.25) is 0 Å². The van der Waals surface area contributed by atoms with Crippen molar-refractivity contribution in [2.75, 3.05) is 0 Å². The van der Waals surface area contributed by atoms with Gasteiger partial charge in [-0.15, -0.1) is 0 Å². The van der Waals surface area contributed by atoms with Crippen LogP contribution < -0.4 is 5.48 Å². The van der Waals surface area contributed by atoms with E-state index in [2.05, 4.69) is 5.16 Å². The normalized spacial score (nSPS) is 14.7. The SMILES string of the molecule is CC(NO)/C(=N\O)c1ccco1. The third-order valence-corrected chi connectivity index (χ3v) is 1.49. The largest absolute Gasteiger partial charge is 0.463 e. The van der Waals surface area contributed by atoms with Gasteiger partial charge in [-0.05, 0) is 19.1 Å². The van der Waals surface area contributed by atoms with Crippen molar-refractivity contribution in [2.45, 2.75) is 13.0 Å². The van der Waals surface area contributed by atoms with E-state index < -0.39 is 6.04 Å². The standard InChI is InChI=1S/C7H10N2O3/c1-5(8-10)7(9-11)6-3-2-4-12-6/h2-5,8,10-11H,1H3/b9-7+. The first-order chi connectivity index (χ1) is 5.79. The number of oxime groups is 1. The highest BCUT2D eigenvalue weighted by molar-refractivity contribution is 6.01. The maximum absolute atomic E-state index is 8.58. The van der Waals surface area contributed by atoms with E-state index in [0.717, 1.165) is 0 Å². The van der Waals surface area contributed by atoms with E-state index in [-0.39, 0.29) is 5.71 Å². The lowest BCUT2D eigenvalue weighted by Gasteiger charge is -2.07. The quantitative estimate of drug-likeness (QED) is 0.356. The number of rotatable bonds is 3. The zero-order chi connectivity index (χ0) is 8.97. The summed E-state index contributed by atoms with van der Waals surface area (Å²) in [5, 5.41) is 20.1. The predicted octanol–water partition coefficient (Wildman–Crippen LogP) is 0.825. The minimum absolute atomic E-state index is 0.252. The summed E-state index contributed by atoms with van der Waals surface area (Å²) < 4.78 is 4.97. The second-order valence-electron chi connectivity index (χ2n) is 2.31. The Balaban J connectivity index is 2.85. The molecule has 5 nitrogen and oxygen atoms in total. The Kier molecular flexibility index (Phi) is 2.84. The molecular formula is C7H10N2O3. The van der Waals surface area contributed by atoms with Gasteiger partial charge in [-0.3, -0.25) is 0 Å². The van der Waals surface area contributed by atoms with Gasteiger partial charge in [0.15, 0.2) is 5.76 Å². The lowest BCUT2D eigenvalue weighted by atomic mass is 10.2. The minimum Gasteiger partial charge on any atom is -0.463 e. The Hall–Kier alpha value is -1.33. The van der Waals surface area contributed by atoms with E-state index in [0.29, 0.717) is 5.76 Å². The highest BCUT2D eigenvalue weighted by Crippen LogP contribution is 2.05. The Labute approximate surface area is 69.3 Å². The van der Waals surface area contributed by atoms with Crippen molar-refractivity contribution in [3.05, 3.63) is 24.2 Å². The summed E-state index contributed by atoms with van der Waals surface area (Å²) in [5.41, 5.74) is 2.21. The molecule has 1 rings (SSSR count). The highest BCUT2D eigenvalue weighted by atomic mass is 16.5. The number of hydrogen-bond donors (Lipinski definition) is 3. The fourth-order valence-corrected chi connectivity index (χ4v) is 0.835. The molecular weight excluding hydrogens is 160 g/mol. The third-order valence-electron chi connectivity index (χ3n) is 1.49. The molecule has 1 heterocycles. The monoisotopic (exact) mass is 170 g/mol. The van der Waals surface area contributed by atoms with Gasteiger partial charge in [0.1, 0.15) is 5.71 Å². The summed E-state index contributed by atoms with van der Waals surface area (Å²) in [6, 6.07) is 2.84. The first-order valence-electron chi connectivity index (χ1n) is 3.45. The van der Waals surface area contributed by atoms with E-state index in [1.807, 2.05) is 5.48 Å². The molecule has 0 amide bonds. The molecule has 1 unspecified atom stereocenters. The van der Waals surface area contributed by atoms with Gasteiger partial charge in [0.25, 0.3) is 0 Å². The lowest BCUT2D eigenvalue weighted by Crippen LogP contribution is -2.31. The van der Waals surface area contributed by atoms with Crippen LogP contribution in [0.5, 0.6) is 0 Å². The van der Waals surface area contributed by atoms with Crippen molar-refractivity contribution in [2.24, 2.45) is 5.16 Å². The molecule has 5 heteroatoms. The second-order valence-corrected chi connectivity index (χ2v) is 2.31. The molecule has 0 radical (unpaired) electrons. The molecule has 0 fully saturated rings. The first kappa shape index (κ1) is 8.76. The third kappa shape index (κ3) is 1.63. The van der Waals surface area contributed by atoms with Crippen LogP contribution in [0, 0.1) is 0 Å². The van der Waals surface area contributed by atoms with E-state index in [9.17, 15) is 0 Å². The highest BCUT2D eigenvalue weighted by Gasteiger charge is 2.14. The second kappa shape index (κ2) is 3.89. The number of nitrogens with one attached hydrogen (secondary N) is 1. The zero-order valence-electron chi connectivity index (χ0n) is 6.56. The average molecular weight is 170 g/mol. The van der Waals surface area contributed by atoms with Gasteiger partial charge < -0.3 is 14.8 Å². The van der Waals surface area contributed by atoms with E-state index in [1.165, 1.54) is 6.26 Å². The average Bonchev–Trinajstić information content (AvgIpc) is 2.58. The number of nitrogens with zero attached hydrogens (tertiary/aromatic N) is 1. The van der Waals surface area contributed by atoms with E-state index in [1.54, 1.807) is 19.1 Å². The first-order valence-corrected chi connectivity index (χ1v) is 3.45. The summed E-state index contributed by atoms with van der Waals surface area (Å²) >= 11 is 0. The minimum atomic E-state index is -0.471. The van der Waals surface area contributed by atoms with Crippen LogP contribution in [0.4, 0.5) is 0 Å². The molecule has 0 spiro atoms. The number of hydroxylamine groups is 1. The number of hydrogen-bond acceptors (Lipinski definition) is 5. The van der Waals surface area contributed by atoms with Crippen LogP contribution in [-0.4, -0.2) is 22.2 Å². The van der Waals surface area contributed by atoms with Gasteiger partial charge in [0.2, 0.25) is 0 Å². The smallest absolute Gasteiger partial charge is 0.153 e. The Morgan fingerprint density at radius 1 is 1.75 bits per heavy atom. The predicted molar refractivity (Wildman–Crippen MR) is 41.4 cm³/mol. The molecule has 3 N–H and O–H groups in total. The molecule has 0 saturated heterocycles. The van der Waals surface area contributed by atoms with Gasteiger partial charge in [-0.25, -0.2) is 0 Å². The van der Waals surface area contributed by atoms with Crippen molar-refractivity contribution < 1.29 is 14.8 Å². The van der Waals surface area contributed by atoms with Crippen molar-refractivity contribution in [3.8, 4) is 0 Å². The molecule has 0 bridgehead atoms. The maximum Gasteiger partial charge on any atom is 0.153 e. The van der Waals surface area contributed by atoms with Crippen LogP contribution >= 0.6 is 0 Å². The van der Waals surface area contributed by atoms with Crippen LogP contribution in [0.1, 0.15) is 12.7 Å². The molecule has 0 aliphatic heterocycles. The van der Waals surface area contributed by atoms with Gasteiger partial charge in [-0.1, -0.05) is 5.16 Å². The summed E-state index contributed by atoms with van der Waals surface area (Å²) in [6.45, 7) is 1.64. The van der Waals surface area contributed by atoms with Crippen molar-refractivity contribution in [3.63, 3.8) is 0 Å². The fraction of sp³-hybridized carbons (Fsp3) is 0.286. The molecule has 1 aromatic rings. The van der Waals surface area contributed by atoms with E-state index in [4.69, 9.17) is 14.8 Å². The summed E-state index contributed by atoms with van der Waals surface area (Å²) in [4.78, 5) is 0. The fourth-order valence-electron chi connectivity index (χ4n) is 0.835. The molecule has 0 saturated carbocycles. The van der Waals surface area contributed by atoms with Gasteiger partial charge in [0.05, 0.1) is 12.3 Å². The van der Waals surface area contributed by atoms with E-state index >= 15 is 0 Å². The summed E-state index contributed by atoms with van der Waals surface area (Å²) in [6.07, 6.45) is 1.46. The Morgan fingerprint density at radius 3 is 2.92 bits per heavy atom. The Bertz CT molecular complexity index is 256. The number of furan rings is 1. The molecule has 1 aromatic heterocycles. The van der Waals surface area contributed by atoms with Gasteiger partial charge >= 0.3 is 0 Å². The van der Waals surface area contributed by atoms with Crippen molar-refractivity contribution >= 4 is 5.71 Å². The molecule has 0 aliphatic rings. The summed E-state index contributed by atoms with van der Waals surface area (Å²) in [7, 11) is 0. The molecule has 0 aromatic carbocycles. The van der Waals surface area contributed by atoms with Crippen molar-refractivity contribution in [1.29, 1.82) is 0 Å². The molecule has 1 atom stereocenters. The van der Waals surface area contributed by atoms with Crippen molar-refractivity contribution in [1.82, 2.24) is 5.48 Å². The van der Waals surface area contributed by atoms with Crippen LogP contribution in [-0.2, 0) is 0 Å². The Morgan fingerprint density at radius 2 is 2.50 bits per heavy atom. The van der Waals surface area contributed by atoms with Crippen LogP contribution in [0.25, 0.3) is 0 Å². The summed E-state index contributed by atoms with van der Waals surface area (Å²) in [5.74, 6) is 0.423. The molecule has 0 aliphatic carbocycles. The topological polar surface area (TPSA) is 78.0 Å². The zero-order valence-corrected chi connectivity index (χ0v) is 6.56. The van der Waals surface area contributed by atoms with Crippen LogP contribution in [0.3, 0.4) is 0 Å². The molecule has 12 heavy (non-hydrogen) atoms. The van der Waals surface area contributed by atoms with Gasteiger partial charge in [0, 0.05) is 0 Å².